The molecule has 34 heavy (non-hydrogen) atoms. The van der Waals surface area contributed by atoms with Gasteiger partial charge in [0.1, 0.15) is 12.6 Å². The number of rotatable bonds is 12. The molecule has 7 nitrogen and oxygen atoms in total. The summed E-state index contributed by atoms with van der Waals surface area (Å²) in [6, 6.07) is 15.6. The van der Waals surface area contributed by atoms with Gasteiger partial charge < -0.3 is 20.5 Å². The molecule has 3 rings (SSSR count). The van der Waals surface area contributed by atoms with Crippen LogP contribution in [0.3, 0.4) is 0 Å². The van der Waals surface area contributed by atoms with E-state index in [1.165, 1.54) is 0 Å². The number of hydrogen-bond acceptors (Lipinski definition) is 4. The van der Waals surface area contributed by atoms with Crippen LogP contribution in [0.15, 0.2) is 48.5 Å². The largest absolute Gasteiger partial charge is 0.481 e. The number of nitrogens with one attached hydrogen (secondary N) is 2. The van der Waals surface area contributed by atoms with Gasteiger partial charge in [-0.2, -0.15) is 0 Å². The van der Waals surface area contributed by atoms with Crippen molar-refractivity contribution in [2.24, 2.45) is 5.92 Å². The predicted octanol–water partition coefficient (Wildman–Crippen LogP) is 4.70. The molecular formula is C27H34N2O5. The SMILES string of the molecule is CCCCC(NC(=O)OCC1c2ccccc2-c2ccccc21)C(=O)NCC(C)CCC(=O)O. The lowest BCUT2D eigenvalue weighted by atomic mass is 9.98. The van der Waals surface area contributed by atoms with Crippen LogP contribution >= 0.6 is 0 Å². The van der Waals surface area contributed by atoms with Crippen LogP contribution in [0.2, 0.25) is 0 Å². The number of carbonyl (C=O) groups excluding carboxylic acids is 2. The van der Waals surface area contributed by atoms with Gasteiger partial charge in [0.15, 0.2) is 0 Å². The number of carboxylic acids is 1. The summed E-state index contributed by atoms with van der Waals surface area (Å²) in [6.45, 7) is 4.47. The second-order valence-electron chi connectivity index (χ2n) is 8.95. The van der Waals surface area contributed by atoms with Crippen molar-refractivity contribution < 1.29 is 24.2 Å². The minimum Gasteiger partial charge on any atom is -0.481 e. The molecule has 0 aromatic heterocycles. The van der Waals surface area contributed by atoms with Crippen molar-refractivity contribution >= 4 is 18.0 Å². The molecule has 182 valence electrons. The van der Waals surface area contributed by atoms with Gasteiger partial charge in [-0.3, -0.25) is 9.59 Å². The second kappa shape index (κ2) is 12.2. The summed E-state index contributed by atoms with van der Waals surface area (Å²) in [5.74, 6) is -1.14. The van der Waals surface area contributed by atoms with Gasteiger partial charge in [-0.1, -0.05) is 75.2 Å². The number of alkyl carbamates (subject to hydrolysis) is 1. The molecule has 2 aromatic carbocycles. The highest BCUT2D eigenvalue weighted by Crippen LogP contribution is 2.44. The van der Waals surface area contributed by atoms with Gasteiger partial charge in [0, 0.05) is 18.9 Å². The van der Waals surface area contributed by atoms with Crippen LogP contribution in [0.1, 0.15) is 63.0 Å². The minimum absolute atomic E-state index is 0.0290. The molecule has 0 spiro atoms. The summed E-state index contributed by atoms with van der Waals surface area (Å²) in [7, 11) is 0. The first kappa shape index (κ1) is 25.3. The lowest BCUT2D eigenvalue weighted by Gasteiger charge is -2.20. The number of ether oxygens (including phenoxy) is 1. The first-order valence-corrected chi connectivity index (χ1v) is 12.0. The molecular weight excluding hydrogens is 432 g/mol. The van der Waals surface area contributed by atoms with E-state index >= 15 is 0 Å². The van der Waals surface area contributed by atoms with Crippen molar-refractivity contribution in [2.75, 3.05) is 13.2 Å². The number of unbranched alkanes of at least 4 members (excludes halogenated alkanes) is 1. The molecule has 0 saturated carbocycles. The summed E-state index contributed by atoms with van der Waals surface area (Å²) in [6.07, 6.45) is 2.12. The lowest BCUT2D eigenvalue weighted by molar-refractivity contribution is -0.137. The smallest absolute Gasteiger partial charge is 0.407 e. The maximum absolute atomic E-state index is 12.7. The Morgan fingerprint density at radius 2 is 1.62 bits per heavy atom. The van der Waals surface area contributed by atoms with E-state index in [-0.39, 0.29) is 30.8 Å². The van der Waals surface area contributed by atoms with Crippen molar-refractivity contribution in [3.05, 3.63) is 59.7 Å². The second-order valence-corrected chi connectivity index (χ2v) is 8.95. The Hall–Kier alpha value is -3.35. The van der Waals surface area contributed by atoms with Gasteiger partial charge in [-0.05, 0) is 41.0 Å². The zero-order chi connectivity index (χ0) is 24.5. The summed E-state index contributed by atoms with van der Waals surface area (Å²) < 4.78 is 5.60. The minimum atomic E-state index is -0.851. The summed E-state index contributed by atoms with van der Waals surface area (Å²) in [5.41, 5.74) is 4.58. The van der Waals surface area contributed by atoms with Crippen molar-refractivity contribution in [1.82, 2.24) is 10.6 Å². The van der Waals surface area contributed by atoms with Crippen LogP contribution in [0.4, 0.5) is 4.79 Å². The lowest BCUT2D eigenvalue weighted by Crippen LogP contribution is -2.48. The van der Waals surface area contributed by atoms with Crippen LogP contribution < -0.4 is 10.6 Å². The van der Waals surface area contributed by atoms with Crippen molar-refractivity contribution in [1.29, 1.82) is 0 Å². The third kappa shape index (κ3) is 6.59. The Kier molecular flexibility index (Phi) is 9.08. The van der Waals surface area contributed by atoms with Crippen LogP contribution in [-0.2, 0) is 14.3 Å². The molecule has 1 aliphatic rings. The summed E-state index contributed by atoms with van der Waals surface area (Å²) in [4.78, 5) is 36.1. The molecule has 2 amide bonds. The van der Waals surface area contributed by atoms with E-state index in [9.17, 15) is 14.4 Å². The van der Waals surface area contributed by atoms with Gasteiger partial charge >= 0.3 is 12.1 Å². The third-order valence-electron chi connectivity index (χ3n) is 6.27. The molecule has 2 aromatic rings. The van der Waals surface area contributed by atoms with Gasteiger partial charge in [-0.25, -0.2) is 4.79 Å². The topological polar surface area (TPSA) is 105 Å². The average molecular weight is 467 g/mol. The zero-order valence-corrected chi connectivity index (χ0v) is 19.9. The summed E-state index contributed by atoms with van der Waals surface area (Å²) >= 11 is 0. The molecule has 0 radical (unpaired) electrons. The maximum atomic E-state index is 12.7. The molecule has 1 aliphatic carbocycles. The standard InChI is InChI=1S/C27H34N2O5/c1-3-4-13-24(26(32)28-16-18(2)14-15-25(30)31)29-27(33)34-17-23-21-11-7-5-9-19(21)20-10-6-8-12-22(20)23/h5-12,18,23-24H,3-4,13-17H2,1-2H3,(H,28,32)(H,29,33)(H,30,31). The maximum Gasteiger partial charge on any atom is 0.407 e. The Morgan fingerprint density at radius 3 is 2.21 bits per heavy atom. The van der Waals surface area contributed by atoms with E-state index in [0.29, 0.717) is 19.4 Å². The number of carboxylic acid groups (broad SMARTS) is 1. The van der Waals surface area contributed by atoms with Gasteiger partial charge in [0.05, 0.1) is 0 Å². The van der Waals surface area contributed by atoms with Crippen LogP contribution in [0.5, 0.6) is 0 Å². The number of hydrogen-bond donors (Lipinski definition) is 3. The van der Waals surface area contributed by atoms with Gasteiger partial charge in [-0.15, -0.1) is 0 Å². The Bertz CT molecular complexity index is 961. The van der Waals surface area contributed by atoms with Crippen LogP contribution in [0.25, 0.3) is 11.1 Å². The van der Waals surface area contributed by atoms with Crippen molar-refractivity contribution in [2.45, 2.75) is 57.9 Å². The van der Waals surface area contributed by atoms with E-state index in [2.05, 4.69) is 34.9 Å². The van der Waals surface area contributed by atoms with E-state index in [0.717, 1.165) is 35.1 Å². The number of aliphatic carboxylic acids is 1. The highest BCUT2D eigenvalue weighted by atomic mass is 16.5. The van der Waals surface area contributed by atoms with E-state index in [4.69, 9.17) is 9.84 Å². The molecule has 0 fully saturated rings. The highest BCUT2D eigenvalue weighted by Gasteiger charge is 2.29. The molecule has 2 atom stereocenters. The van der Waals surface area contributed by atoms with Crippen molar-refractivity contribution in [3.8, 4) is 11.1 Å². The molecule has 7 heteroatoms. The number of carbonyl (C=O) groups is 3. The molecule has 3 N–H and O–H groups in total. The fourth-order valence-electron chi connectivity index (χ4n) is 4.33. The van der Waals surface area contributed by atoms with E-state index < -0.39 is 18.1 Å². The molecule has 0 saturated heterocycles. The molecule has 0 bridgehead atoms. The first-order valence-electron chi connectivity index (χ1n) is 12.0. The van der Waals surface area contributed by atoms with E-state index in [1.807, 2.05) is 38.1 Å². The normalized spacial score (nSPS) is 13.9. The van der Waals surface area contributed by atoms with Gasteiger partial charge in [0.2, 0.25) is 5.91 Å². The number of fused-ring (bicyclic) bond motifs is 3. The highest BCUT2D eigenvalue weighted by molar-refractivity contribution is 5.85. The number of benzene rings is 2. The van der Waals surface area contributed by atoms with Crippen LogP contribution in [0, 0.1) is 5.92 Å². The predicted molar refractivity (Wildman–Crippen MR) is 131 cm³/mol. The number of amides is 2. The fraction of sp³-hybridized carbons (Fsp3) is 0.444. The monoisotopic (exact) mass is 466 g/mol. The van der Waals surface area contributed by atoms with Gasteiger partial charge in [0.25, 0.3) is 0 Å². The molecule has 2 unspecified atom stereocenters. The molecule has 0 heterocycles. The fourth-order valence-corrected chi connectivity index (χ4v) is 4.33. The first-order chi connectivity index (χ1) is 16.4. The Labute approximate surface area is 200 Å². The Balaban J connectivity index is 1.56. The molecule has 0 aliphatic heterocycles. The zero-order valence-electron chi connectivity index (χ0n) is 19.9. The third-order valence-corrected chi connectivity index (χ3v) is 6.27. The Morgan fingerprint density at radius 1 is 1.00 bits per heavy atom. The summed E-state index contributed by atoms with van der Waals surface area (Å²) in [5, 5.41) is 14.4. The van der Waals surface area contributed by atoms with Crippen LogP contribution in [-0.4, -0.2) is 42.3 Å². The quantitative estimate of drug-likeness (QED) is 0.421. The average Bonchev–Trinajstić information content (AvgIpc) is 3.16. The van der Waals surface area contributed by atoms with E-state index in [1.54, 1.807) is 0 Å². The van der Waals surface area contributed by atoms with Crippen molar-refractivity contribution in [3.63, 3.8) is 0 Å².